The highest BCUT2D eigenvalue weighted by Crippen LogP contribution is 2.12. The van der Waals surface area contributed by atoms with Crippen molar-refractivity contribution in [2.24, 2.45) is 0 Å². The van der Waals surface area contributed by atoms with E-state index in [2.05, 4.69) is 29.0 Å². The molecule has 16 heavy (non-hydrogen) atoms. The average Bonchev–Trinajstić information content (AvgIpc) is 2.83. The molecule has 90 valence electrons. The molecule has 1 unspecified atom stereocenters. The van der Waals surface area contributed by atoms with Crippen LogP contribution in [0.25, 0.3) is 0 Å². The summed E-state index contributed by atoms with van der Waals surface area (Å²) < 4.78 is 5.43. The summed E-state index contributed by atoms with van der Waals surface area (Å²) >= 11 is 0. The Bertz CT molecular complexity index is 335. The molecule has 0 saturated carbocycles. The van der Waals surface area contributed by atoms with Crippen molar-refractivity contribution in [3.05, 3.63) is 17.8 Å². The third-order valence-electron chi connectivity index (χ3n) is 3.16. The first-order chi connectivity index (χ1) is 7.65. The van der Waals surface area contributed by atoms with Crippen LogP contribution in [0.2, 0.25) is 0 Å². The molecule has 1 aliphatic rings. The summed E-state index contributed by atoms with van der Waals surface area (Å²) in [5.41, 5.74) is 0. The minimum atomic E-state index is 0.578. The van der Waals surface area contributed by atoms with Crippen molar-refractivity contribution in [2.45, 2.75) is 45.8 Å². The molecule has 1 saturated heterocycles. The summed E-state index contributed by atoms with van der Waals surface area (Å²) in [6.07, 6.45) is 2.99. The summed E-state index contributed by atoms with van der Waals surface area (Å²) in [4.78, 5) is 6.69. The predicted molar refractivity (Wildman–Crippen MR) is 63.2 cm³/mol. The lowest BCUT2D eigenvalue weighted by atomic mass is 10.2. The fraction of sp³-hybridized carbons (Fsp3) is 0.750. The zero-order valence-electron chi connectivity index (χ0n) is 10.4. The van der Waals surface area contributed by atoms with Gasteiger partial charge in [0.1, 0.15) is 5.76 Å². The molecule has 4 heteroatoms. The van der Waals surface area contributed by atoms with Gasteiger partial charge in [0.2, 0.25) is 5.89 Å². The third kappa shape index (κ3) is 2.83. The summed E-state index contributed by atoms with van der Waals surface area (Å²) in [5.74, 6) is 1.67. The Morgan fingerprint density at radius 1 is 1.62 bits per heavy atom. The predicted octanol–water partition coefficient (Wildman–Crippen LogP) is 1.56. The fourth-order valence-corrected chi connectivity index (χ4v) is 2.14. The molecule has 1 aromatic rings. The molecule has 1 N–H and O–H groups in total. The highest BCUT2D eigenvalue weighted by atomic mass is 16.4. The van der Waals surface area contributed by atoms with Crippen molar-refractivity contribution in [1.29, 1.82) is 0 Å². The SMILES string of the molecule is Cc1cnc(CNC2CCN(C(C)C)C2)o1. The number of rotatable bonds is 4. The molecular weight excluding hydrogens is 202 g/mol. The zero-order valence-corrected chi connectivity index (χ0v) is 10.4. The minimum absolute atomic E-state index is 0.578. The van der Waals surface area contributed by atoms with Crippen molar-refractivity contribution in [2.75, 3.05) is 13.1 Å². The molecule has 0 amide bonds. The van der Waals surface area contributed by atoms with Gasteiger partial charge in [-0.2, -0.15) is 0 Å². The van der Waals surface area contributed by atoms with Crippen LogP contribution in [0, 0.1) is 6.92 Å². The number of aromatic nitrogens is 1. The number of oxazole rings is 1. The van der Waals surface area contributed by atoms with E-state index in [4.69, 9.17) is 4.42 Å². The lowest BCUT2D eigenvalue weighted by Gasteiger charge is -2.20. The number of likely N-dealkylation sites (tertiary alicyclic amines) is 1. The maximum atomic E-state index is 5.43. The van der Waals surface area contributed by atoms with Gasteiger partial charge in [0.05, 0.1) is 12.7 Å². The molecule has 2 rings (SSSR count). The lowest BCUT2D eigenvalue weighted by molar-refractivity contribution is 0.267. The first-order valence-corrected chi connectivity index (χ1v) is 6.04. The number of hydrogen-bond acceptors (Lipinski definition) is 4. The first kappa shape index (κ1) is 11.6. The van der Waals surface area contributed by atoms with Crippen LogP contribution in [-0.4, -0.2) is 35.1 Å². The van der Waals surface area contributed by atoms with Crippen LogP contribution in [0.3, 0.4) is 0 Å². The van der Waals surface area contributed by atoms with Crippen LogP contribution in [0.5, 0.6) is 0 Å². The summed E-state index contributed by atoms with van der Waals surface area (Å²) in [5, 5.41) is 3.50. The standard InChI is InChI=1S/C12H21N3O/c1-9(2)15-5-4-11(8-15)13-7-12-14-6-10(3)16-12/h6,9,11,13H,4-5,7-8H2,1-3H3. The van der Waals surface area contributed by atoms with Crippen LogP contribution in [0.4, 0.5) is 0 Å². The molecule has 0 radical (unpaired) electrons. The highest BCUT2D eigenvalue weighted by Gasteiger charge is 2.23. The quantitative estimate of drug-likeness (QED) is 0.841. The molecule has 0 bridgehead atoms. The van der Waals surface area contributed by atoms with Crippen LogP contribution in [0.15, 0.2) is 10.6 Å². The lowest BCUT2D eigenvalue weighted by Crippen LogP contribution is -2.34. The van der Waals surface area contributed by atoms with Gasteiger partial charge in [-0.15, -0.1) is 0 Å². The first-order valence-electron chi connectivity index (χ1n) is 6.04. The Balaban J connectivity index is 1.75. The van der Waals surface area contributed by atoms with E-state index in [1.807, 2.05) is 6.92 Å². The largest absolute Gasteiger partial charge is 0.445 e. The molecular formula is C12H21N3O. The molecule has 1 aliphatic heterocycles. The molecule has 0 aromatic carbocycles. The normalized spacial score (nSPS) is 22.1. The Kier molecular flexibility index (Phi) is 3.61. The van der Waals surface area contributed by atoms with Crippen molar-refractivity contribution in [3.8, 4) is 0 Å². The van der Waals surface area contributed by atoms with Gasteiger partial charge in [-0.25, -0.2) is 4.98 Å². The second-order valence-electron chi connectivity index (χ2n) is 4.82. The Labute approximate surface area is 97.0 Å². The van der Waals surface area contributed by atoms with Gasteiger partial charge in [-0.05, 0) is 33.7 Å². The summed E-state index contributed by atoms with van der Waals surface area (Å²) in [7, 11) is 0. The molecule has 4 nitrogen and oxygen atoms in total. The van der Waals surface area contributed by atoms with E-state index in [1.54, 1.807) is 6.20 Å². The molecule has 1 fully saturated rings. The fourth-order valence-electron chi connectivity index (χ4n) is 2.14. The van der Waals surface area contributed by atoms with Gasteiger partial charge < -0.3 is 9.73 Å². The maximum Gasteiger partial charge on any atom is 0.208 e. The molecule has 0 spiro atoms. The van der Waals surface area contributed by atoms with Gasteiger partial charge in [-0.1, -0.05) is 0 Å². The van der Waals surface area contributed by atoms with E-state index in [-0.39, 0.29) is 0 Å². The Morgan fingerprint density at radius 3 is 3.00 bits per heavy atom. The molecule has 1 aromatic heterocycles. The minimum Gasteiger partial charge on any atom is -0.445 e. The molecule has 1 atom stereocenters. The van der Waals surface area contributed by atoms with Crippen molar-refractivity contribution >= 4 is 0 Å². The van der Waals surface area contributed by atoms with Crippen LogP contribution in [-0.2, 0) is 6.54 Å². The second-order valence-corrected chi connectivity index (χ2v) is 4.82. The van der Waals surface area contributed by atoms with E-state index >= 15 is 0 Å². The van der Waals surface area contributed by atoms with Crippen molar-refractivity contribution in [3.63, 3.8) is 0 Å². The highest BCUT2D eigenvalue weighted by molar-refractivity contribution is 4.91. The van der Waals surface area contributed by atoms with Crippen LogP contribution < -0.4 is 5.32 Å². The van der Waals surface area contributed by atoms with Gasteiger partial charge in [0, 0.05) is 18.6 Å². The van der Waals surface area contributed by atoms with E-state index in [0.717, 1.165) is 24.7 Å². The Morgan fingerprint density at radius 2 is 2.44 bits per heavy atom. The number of aryl methyl sites for hydroxylation is 1. The van der Waals surface area contributed by atoms with E-state index in [1.165, 1.54) is 13.0 Å². The van der Waals surface area contributed by atoms with Crippen molar-refractivity contribution < 1.29 is 4.42 Å². The Hall–Kier alpha value is -0.870. The topological polar surface area (TPSA) is 41.3 Å². The number of nitrogens with one attached hydrogen (secondary N) is 1. The monoisotopic (exact) mass is 223 g/mol. The number of nitrogens with zero attached hydrogens (tertiary/aromatic N) is 2. The van der Waals surface area contributed by atoms with E-state index < -0.39 is 0 Å². The van der Waals surface area contributed by atoms with Gasteiger partial charge in [-0.3, -0.25) is 4.90 Å². The van der Waals surface area contributed by atoms with Crippen LogP contribution >= 0.6 is 0 Å². The van der Waals surface area contributed by atoms with Gasteiger partial charge in [0.25, 0.3) is 0 Å². The number of hydrogen-bond donors (Lipinski definition) is 1. The second kappa shape index (κ2) is 4.97. The van der Waals surface area contributed by atoms with Crippen LogP contribution in [0.1, 0.15) is 31.9 Å². The van der Waals surface area contributed by atoms with Gasteiger partial charge >= 0.3 is 0 Å². The van der Waals surface area contributed by atoms with Gasteiger partial charge in [0.15, 0.2) is 0 Å². The average molecular weight is 223 g/mol. The smallest absolute Gasteiger partial charge is 0.208 e. The zero-order chi connectivity index (χ0) is 11.5. The van der Waals surface area contributed by atoms with E-state index in [9.17, 15) is 0 Å². The third-order valence-corrected chi connectivity index (χ3v) is 3.16. The van der Waals surface area contributed by atoms with E-state index in [0.29, 0.717) is 12.1 Å². The molecule has 0 aliphatic carbocycles. The van der Waals surface area contributed by atoms with Crippen molar-refractivity contribution in [1.82, 2.24) is 15.2 Å². The maximum absolute atomic E-state index is 5.43. The summed E-state index contributed by atoms with van der Waals surface area (Å²) in [6, 6.07) is 1.23. The molecule has 2 heterocycles. The summed E-state index contributed by atoms with van der Waals surface area (Å²) in [6.45, 7) is 9.49.